The number of ether oxygens (including phenoxy) is 2. The highest BCUT2D eigenvalue weighted by Gasteiger charge is 2.45. The molecule has 9 heteroatoms. The molecule has 0 amide bonds. The molecule has 186 valence electrons. The van der Waals surface area contributed by atoms with Gasteiger partial charge < -0.3 is 14.5 Å². The summed E-state index contributed by atoms with van der Waals surface area (Å²) in [5.41, 5.74) is 3.32. The van der Waals surface area contributed by atoms with Crippen LogP contribution in [-0.4, -0.2) is 59.3 Å². The van der Waals surface area contributed by atoms with Crippen molar-refractivity contribution in [3.05, 3.63) is 72.7 Å². The fourth-order valence-corrected chi connectivity index (χ4v) is 6.77. The Labute approximate surface area is 210 Å². The first-order valence-corrected chi connectivity index (χ1v) is 14.0. The molecule has 2 unspecified atom stereocenters. The molecule has 0 bridgehead atoms. The van der Waals surface area contributed by atoms with Crippen molar-refractivity contribution >= 4 is 9.84 Å². The van der Waals surface area contributed by atoms with Crippen molar-refractivity contribution in [3.8, 4) is 34.1 Å². The van der Waals surface area contributed by atoms with Gasteiger partial charge in [-0.05, 0) is 55.8 Å². The van der Waals surface area contributed by atoms with Crippen molar-refractivity contribution in [1.29, 1.82) is 0 Å². The van der Waals surface area contributed by atoms with Crippen molar-refractivity contribution in [3.63, 3.8) is 0 Å². The predicted octanol–water partition coefficient (Wildman–Crippen LogP) is 4.30. The molecule has 1 aromatic carbocycles. The molecule has 3 aliphatic rings. The zero-order chi connectivity index (χ0) is 24.8. The lowest BCUT2D eigenvalue weighted by atomic mass is 9.94. The predicted molar refractivity (Wildman–Crippen MR) is 137 cm³/mol. The first kappa shape index (κ1) is 23.0. The summed E-state index contributed by atoms with van der Waals surface area (Å²) in [4.78, 5) is 14.3. The molecule has 1 aliphatic carbocycles. The number of likely N-dealkylation sites (tertiary alicyclic amines) is 1. The van der Waals surface area contributed by atoms with Gasteiger partial charge in [-0.3, -0.25) is 9.88 Å². The summed E-state index contributed by atoms with van der Waals surface area (Å²) >= 11 is 0. The lowest BCUT2D eigenvalue weighted by Crippen LogP contribution is -2.56. The first-order valence-electron chi connectivity index (χ1n) is 12.1. The van der Waals surface area contributed by atoms with Crippen LogP contribution in [0.25, 0.3) is 22.6 Å². The third-order valence-electron chi connectivity index (χ3n) is 7.29. The number of benzene rings is 1. The van der Waals surface area contributed by atoms with E-state index >= 15 is 0 Å². The molecule has 1 saturated heterocycles. The minimum atomic E-state index is -3.37. The molecular formula is C27H28N4O4S. The lowest BCUT2D eigenvalue weighted by molar-refractivity contribution is 0.144. The van der Waals surface area contributed by atoms with Crippen LogP contribution in [0.4, 0.5) is 0 Å². The molecule has 36 heavy (non-hydrogen) atoms. The van der Waals surface area contributed by atoms with E-state index in [1.165, 1.54) is 6.26 Å². The molecule has 8 nitrogen and oxygen atoms in total. The third-order valence-corrected chi connectivity index (χ3v) is 9.13. The van der Waals surface area contributed by atoms with Crippen LogP contribution < -0.4 is 9.47 Å². The summed E-state index contributed by atoms with van der Waals surface area (Å²) in [7, 11) is -3.37. The first-order chi connectivity index (χ1) is 17.4. The Hall–Kier alpha value is -3.43. The number of hydrogen-bond donors (Lipinski definition) is 1. The highest BCUT2D eigenvalue weighted by molar-refractivity contribution is 7.92. The molecular weight excluding hydrogens is 476 g/mol. The minimum absolute atomic E-state index is 0.0573. The average Bonchev–Trinajstić information content (AvgIpc) is 3.56. The van der Waals surface area contributed by atoms with Crippen LogP contribution >= 0.6 is 0 Å². The molecule has 4 heterocycles. The Morgan fingerprint density at radius 1 is 1.14 bits per heavy atom. The molecule has 6 rings (SSSR count). The Morgan fingerprint density at radius 3 is 2.81 bits per heavy atom. The number of piperidine rings is 1. The molecule has 0 radical (unpaired) electrons. The molecule has 1 fully saturated rings. The number of aromatic nitrogens is 3. The van der Waals surface area contributed by atoms with Crippen molar-refractivity contribution in [2.45, 2.75) is 30.1 Å². The number of sulfone groups is 1. The number of aromatic amines is 1. The molecule has 3 aromatic rings. The van der Waals surface area contributed by atoms with E-state index in [9.17, 15) is 8.42 Å². The fraction of sp³-hybridized carbons (Fsp3) is 0.333. The van der Waals surface area contributed by atoms with Gasteiger partial charge in [-0.25, -0.2) is 13.4 Å². The smallest absolute Gasteiger partial charge is 0.231 e. The van der Waals surface area contributed by atoms with E-state index in [2.05, 4.69) is 14.9 Å². The molecule has 2 aromatic heterocycles. The number of H-pyrrole nitrogens is 1. The summed E-state index contributed by atoms with van der Waals surface area (Å²) < 4.78 is 37.1. The van der Waals surface area contributed by atoms with E-state index in [1.54, 1.807) is 6.20 Å². The van der Waals surface area contributed by atoms with Crippen LogP contribution in [0.2, 0.25) is 0 Å². The fourth-order valence-electron chi connectivity index (χ4n) is 5.41. The summed E-state index contributed by atoms with van der Waals surface area (Å²) in [5, 5.41) is 0. The van der Waals surface area contributed by atoms with Gasteiger partial charge in [0.1, 0.15) is 10.7 Å². The van der Waals surface area contributed by atoms with Crippen molar-refractivity contribution in [1.82, 2.24) is 19.9 Å². The van der Waals surface area contributed by atoms with Crippen molar-refractivity contribution in [2.75, 3.05) is 26.1 Å². The second kappa shape index (κ2) is 8.90. The number of nitrogens with one attached hydrogen (secondary N) is 1. The zero-order valence-electron chi connectivity index (χ0n) is 20.1. The largest absolute Gasteiger partial charge is 0.454 e. The van der Waals surface area contributed by atoms with Gasteiger partial charge in [-0.1, -0.05) is 24.3 Å². The number of allylic oxidation sites excluding steroid dienone is 2. The standard InChI is InChI=1S/C27H28N4O4S/c1-36(32,33)27(12-4-2-5-13-27)31-15-7-8-20(17-31)26-29-24(25(30-26)21-9-3-6-14-28-21)19-10-11-22-23(16-19)35-18-34-22/h2-6,9-12,14,16,20H,7-8,13,15,17-18H2,1H3,(H,29,30). The van der Waals surface area contributed by atoms with Gasteiger partial charge in [0.2, 0.25) is 6.79 Å². The van der Waals surface area contributed by atoms with Crippen LogP contribution in [0.1, 0.15) is 31.0 Å². The van der Waals surface area contributed by atoms with E-state index < -0.39 is 14.7 Å². The number of pyridine rings is 1. The van der Waals surface area contributed by atoms with E-state index in [0.717, 1.165) is 53.6 Å². The number of imidazole rings is 1. The lowest BCUT2D eigenvalue weighted by Gasteiger charge is -2.44. The van der Waals surface area contributed by atoms with E-state index in [1.807, 2.05) is 60.7 Å². The number of hydrogen-bond acceptors (Lipinski definition) is 7. The number of fused-ring (bicyclic) bond motifs is 1. The Bertz CT molecular complexity index is 1450. The van der Waals surface area contributed by atoms with Gasteiger partial charge in [0.15, 0.2) is 21.3 Å². The van der Waals surface area contributed by atoms with E-state index in [0.29, 0.717) is 18.7 Å². The third kappa shape index (κ3) is 3.92. The molecule has 0 saturated carbocycles. The highest BCUT2D eigenvalue weighted by atomic mass is 32.2. The maximum absolute atomic E-state index is 13.0. The van der Waals surface area contributed by atoms with Crippen LogP contribution in [0, 0.1) is 0 Å². The van der Waals surface area contributed by atoms with Crippen LogP contribution in [0.5, 0.6) is 11.5 Å². The summed E-state index contributed by atoms with van der Waals surface area (Å²) in [6.45, 7) is 1.53. The van der Waals surface area contributed by atoms with Crippen molar-refractivity contribution in [2.24, 2.45) is 0 Å². The van der Waals surface area contributed by atoms with E-state index in [-0.39, 0.29) is 12.7 Å². The van der Waals surface area contributed by atoms with Gasteiger partial charge in [0.25, 0.3) is 0 Å². The van der Waals surface area contributed by atoms with Crippen molar-refractivity contribution < 1.29 is 17.9 Å². The number of nitrogens with zero attached hydrogens (tertiary/aromatic N) is 3. The SMILES string of the molecule is CS(=O)(=O)C1(N2CCCC(c3nc(-c4ccc5c(c4)OCO5)c(-c4ccccn4)[nH]3)C2)C=CC=CC1. The Balaban J connectivity index is 1.39. The topological polar surface area (TPSA) is 97.4 Å². The second-order valence-corrected chi connectivity index (χ2v) is 11.8. The van der Waals surface area contributed by atoms with Gasteiger partial charge in [-0.15, -0.1) is 0 Å². The van der Waals surface area contributed by atoms with Gasteiger partial charge in [0.05, 0.1) is 17.1 Å². The maximum atomic E-state index is 13.0. The monoisotopic (exact) mass is 504 g/mol. The molecule has 1 N–H and O–H groups in total. The molecule has 0 spiro atoms. The highest BCUT2D eigenvalue weighted by Crippen LogP contribution is 2.41. The second-order valence-electron chi connectivity index (χ2n) is 9.52. The zero-order valence-corrected chi connectivity index (χ0v) is 20.9. The van der Waals surface area contributed by atoms with Crippen LogP contribution in [0.3, 0.4) is 0 Å². The maximum Gasteiger partial charge on any atom is 0.231 e. The van der Waals surface area contributed by atoms with Gasteiger partial charge in [-0.2, -0.15) is 0 Å². The molecule has 2 aliphatic heterocycles. The van der Waals surface area contributed by atoms with Gasteiger partial charge >= 0.3 is 0 Å². The van der Waals surface area contributed by atoms with Crippen LogP contribution in [-0.2, 0) is 9.84 Å². The normalized spacial score (nSPS) is 23.8. The summed E-state index contributed by atoms with van der Waals surface area (Å²) in [6.07, 6.45) is 12.9. The quantitative estimate of drug-likeness (QED) is 0.553. The van der Waals surface area contributed by atoms with Crippen LogP contribution in [0.15, 0.2) is 66.9 Å². The Kier molecular flexibility index (Phi) is 5.69. The average molecular weight is 505 g/mol. The minimum Gasteiger partial charge on any atom is -0.454 e. The summed E-state index contributed by atoms with van der Waals surface area (Å²) in [5.74, 6) is 2.31. The van der Waals surface area contributed by atoms with E-state index in [4.69, 9.17) is 14.5 Å². The summed E-state index contributed by atoms with van der Waals surface area (Å²) in [6, 6.07) is 11.6. The number of rotatable bonds is 5. The van der Waals surface area contributed by atoms with Gasteiger partial charge in [0, 0.05) is 36.9 Å². The molecule has 2 atom stereocenters. The Morgan fingerprint density at radius 2 is 2.03 bits per heavy atom.